The van der Waals surface area contributed by atoms with Crippen LogP contribution < -0.4 is 0 Å². The molecule has 0 aromatic heterocycles. The van der Waals surface area contributed by atoms with Crippen LogP contribution in [0, 0.1) is 11.5 Å². The van der Waals surface area contributed by atoms with E-state index in [0.717, 1.165) is 24.2 Å². The highest BCUT2D eigenvalue weighted by molar-refractivity contribution is 5.86. The van der Waals surface area contributed by atoms with Gasteiger partial charge in [0.1, 0.15) is 0 Å². The van der Waals surface area contributed by atoms with Crippen LogP contribution in [0.25, 0.3) is 0 Å². The molecule has 1 saturated carbocycles. The number of hydrogen-bond acceptors (Lipinski definition) is 2. The van der Waals surface area contributed by atoms with Gasteiger partial charge >= 0.3 is 0 Å². The average Bonchev–Trinajstić information content (AvgIpc) is 2.16. The minimum Gasteiger partial charge on any atom is -0.270 e. The molecule has 4 heteroatoms. The number of nitriles is 1. The van der Waals surface area contributed by atoms with Gasteiger partial charge in [-0.1, -0.05) is 6.42 Å². The van der Waals surface area contributed by atoms with Crippen LogP contribution in [0.3, 0.4) is 0 Å². The lowest BCUT2D eigenvalue weighted by molar-refractivity contribution is -0.141. The summed E-state index contributed by atoms with van der Waals surface area (Å²) in [7, 11) is 1.30. The van der Waals surface area contributed by atoms with Crippen LogP contribution in [0.1, 0.15) is 32.1 Å². The summed E-state index contributed by atoms with van der Waals surface area (Å²) in [4.78, 5) is 12.2. The van der Waals surface area contributed by atoms with Gasteiger partial charge in [-0.3, -0.25) is 4.79 Å². The van der Waals surface area contributed by atoms with Crippen molar-refractivity contribution in [2.75, 3.05) is 7.05 Å². The maximum atomic E-state index is 13.9. The number of alkyl halides is 1. The first kappa shape index (κ1) is 9.97. The molecule has 0 unspecified atom stereocenters. The minimum absolute atomic E-state index is 0.262. The van der Waals surface area contributed by atoms with Crippen molar-refractivity contribution in [3.63, 3.8) is 0 Å². The zero-order valence-corrected chi connectivity index (χ0v) is 7.72. The second kappa shape index (κ2) is 3.73. The standard InChI is InChI=1S/C9H13FN2O/c1-12(7-11)8(13)9(10)5-3-2-4-6-9/h2-6H2,1H3. The molecule has 3 nitrogen and oxygen atoms in total. The number of carbonyl (C=O) groups is 1. The first-order valence-electron chi connectivity index (χ1n) is 4.47. The molecule has 0 saturated heterocycles. The van der Waals surface area contributed by atoms with Crippen LogP contribution in [0.5, 0.6) is 0 Å². The van der Waals surface area contributed by atoms with Gasteiger partial charge in [0.05, 0.1) is 0 Å². The number of rotatable bonds is 1. The Balaban J connectivity index is 2.68. The third-order valence-electron chi connectivity index (χ3n) is 2.48. The van der Waals surface area contributed by atoms with Crippen molar-refractivity contribution in [2.45, 2.75) is 37.8 Å². The normalized spacial score (nSPS) is 20.4. The summed E-state index contributed by atoms with van der Waals surface area (Å²) in [6, 6.07) is 0. The van der Waals surface area contributed by atoms with Crippen molar-refractivity contribution in [3.8, 4) is 6.19 Å². The monoisotopic (exact) mass is 184 g/mol. The summed E-state index contributed by atoms with van der Waals surface area (Å²) in [5, 5.41) is 8.44. The topological polar surface area (TPSA) is 44.1 Å². The van der Waals surface area contributed by atoms with E-state index in [9.17, 15) is 9.18 Å². The van der Waals surface area contributed by atoms with Gasteiger partial charge in [-0.05, 0) is 25.7 Å². The van der Waals surface area contributed by atoms with E-state index >= 15 is 0 Å². The molecule has 0 radical (unpaired) electrons. The van der Waals surface area contributed by atoms with Gasteiger partial charge in [0.25, 0.3) is 5.91 Å². The van der Waals surface area contributed by atoms with Crippen molar-refractivity contribution < 1.29 is 9.18 Å². The van der Waals surface area contributed by atoms with E-state index in [4.69, 9.17) is 5.26 Å². The Kier molecular flexibility index (Phi) is 2.86. The van der Waals surface area contributed by atoms with E-state index in [2.05, 4.69) is 0 Å². The summed E-state index contributed by atoms with van der Waals surface area (Å²) < 4.78 is 13.9. The Morgan fingerprint density at radius 3 is 2.46 bits per heavy atom. The van der Waals surface area contributed by atoms with Crippen LogP contribution in [0.15, 0.2) is 0 Å². The van der Waals surface area contributed by atoms with E-state index in [1.54, 1.807) is 6.19 Å². The zero-order chi connectivity index (χ0) is 9.90. The lowest BCUT2D eigenvalue weighted by Crippen LogP contribution is -2.43. The maximum absolute atomic E-state index is 13.9. The van der Waals surface area contributed by atoms with Crippen molar-refractivity contribution >= 4 is 5.91 Å². The van der Waals surface area contributed by atoms with E-state index in [-0.39, 0.29) is 12.8 Å². The fourth-order valence-corrected chi connectivity index (χ4v) is 1.67. The number of nitrogens with zero attached hydrogens (tertiary/aromatic N) is 2. The predicted octanol–water partition coefficient (Wildman–Crippen LogP) is 1.60. The Morgan fingerprint density at radius 2 is 2.00 bits per heavy atom. The molecule has 0 bridgehead atoms. The van der Waals surface area contributed by atoms with Crippen molar-refractivity contribution in [1.29, 1.82) is 5.26 Å². The highest BCUT2D eigenvalue weighted by atomic mass is 19.1. The molecular formula is C9H13FN2O. The Labute approximate surface area is 77.1 Å². The van der Waals surface area contributed by atoms with Gasteiger partial charge in [-0.15, -0.1) is 0 Å². The molecule has 72 valence electrons. The van der Waals surface area contributed by atoms with Crippen molar-refractivity contribution in [1.82, 2.24) is 4.90 Å². The molecule has 0 heterocycles. The second-order valence-corrected chi connectivity index (χ2v) is 3.49. The van der Waals surface area contributed by atoms with Gasteiger partial charge in [0.2, 0.25) is 0 Å². The molecule has 1 rings (SSSR count). The molecule has 1 aliphatic carbocycles. The summed E-state index contributed by atoms with van der Waals surface area (Å²) in [5.41, 5.74) is -1.78. The maximum Gasteiger partial charge on any atom is 0.272 e. The Bertz CT molecular complexity index is 240. The van der Waals surface area contributed by atoms with Crippen molar-refractivity contribution in [3.05, 3.63) is 0 Å². The number of hydrogen-bond donors (Lipinski definition) is 0. The van der Waals surface area contributed by atoms with Gasteiger partial charge in [-0.25, -0.2) is 9.29 Å². The Hall–Kier alpha value is -1.11. The van der Waals surface area contributed by atoms with Gasteiger partial charge < -0.3 is 0 Å². The van der Waals surface area contributed by atoms with Crippen LogP contribution in [0.2, 0.25) is 0 Å². The molecule has 0 aromatic carbocycles. The molecule has 0 aromatic rings. The van der Waals surface area contributed by atoms with Crippen LogP contribution in [-0.2, 0) is 4.79 Å². The minimum atomic E-state index is -1.78. The summed E-state index contributed by atoms with van der Waals surface area (Å²) in [6.07, 6.45) is 4.61. The van der Waals surface area contributed by atoms with Crippen LogP contribution >= 0.6 is 0 Å². The summed E-state index contributed by atoms with van der Waals surface area (Å²) in [6.45, 7) is 0. The molecule has 0 spiro atoms. The molecule has 0 N–H and O–H groups in total. The van der Waals surface area contributed by atoms with Crippen LogP contribution in [0.4, 0.5) is 4.39 Å². The number of amides is 1. The molecule has 0 aliphatic heterocycles. The van der Waals surface area contributed by atoms with Crippen LogP contribution in [-0.4, -0.2) is 23.5 Å². The molecular weight excluding hydrogens is 171 g/mol. The SMILES string of the molecule is CN(C#N)C(=O)C1(F)CCCCC1. The average molecular weight is 184 g/mol. The van der Waals surface area contributed by atoms with E-state index < -0.39 is 11.6 Å². The Morgan fingerprint density at radius 1 is 1.46 bits per heavy atom. The number of carbonyl (C=O) groups excluding carboxylic acids is 1. The highest BCUT2D eigenvalue weighted by Crippen LogP contribution is 2.33. The van der Waals surface area contributed by atoms with E-state index in [1.165, 1.54) is 7.05 Å². The molecule has 1 aliphatic rings. The summed E-state index contributed by atoms with van der Waals surface area (Å²) in [5.74, 6) is -0.685. The van der Waals surface area contributed by atoms with Gasteiger partial charge in [0, 0.05) is 7.05 Å². The third kappa shape index (κ3) is 1.97. The van der Waals surface area contributed by atoms with Gasteiger partial charge in [0.15, 0.2) is 11.9 Å². The number of halogens is 1. The lowest BCUT2D eigenvalue weighted by Gasteiger charge is -2.29. The zero-order valence-electron chi connectivity index (χ0n) is 7.72. The largest absolute Gasteiger partial charge is 0.272 e. The van der Waals surface area contributed by atoms with E-state index in [1.807, 2.05) is 0 Å². The van der Waals surface area contributed by atoms with Gasteiger partial charge in [-0.2, -0.15) is 5.26 Å². The molecule has 1 amide bonds. The smallest absolute Gasteiger partial charge is 0.270 e. The quantitative estimate of drug-likeness (QED) is 0.459. The fraction of sp³-hybridized carbons (Fsp3) is 0.778. The molecule has 1 fully saturated rings. The fourth-order valence-electron chi connectivity index (χ4n) is 1.67. The molecule has 0 atom stereocenters. The van der Waals surface area contributed by atoms with Crippen molar-refractivity contribution in [2.24, 2.45) is 0 Å². The second-order valence-electron chi connectivity index (χ2n) is 3.49. The predicted molar refractivity (Wildman–Crippen MR) is 45.3 cm³/mol. The third-order valence-corrected chi connectivity index (χ3v) is 2.48. The summed E-state index contributed by atoms with van der Waals surface area (Å²) >= 11 is 0. The first-order valence-corrected chi connectivity index (χ1v) is 4.47. The highest BCUT2D eigenvalue weighted by Gasteiger charge is 2.41. The molecule has 13 heavy (non-hydrogen) atoms. The lowest BCUT2D eigenvalue weighted by atomic mass is 9.85. The first-order chi connectivity index (χ1) is 6.10. The van der Waals surface area contributed by atoms with E-state index in [0.29, 0.717) is 0 Å².